The van der Waals surface area contributed by atoms with E-state index in [2.05, 4.69) is 33.0 Å². The van der Waals surface area contributed by atoms with Crippen molar-refractivity contribution in [3.63, 3.8) is 0 Å². The molecule has 0 aromatic rings. The van der Waals surface area contributed by atoms with E-state index in [9.17, 15) is 4.79 Å². The fourth-order valence-electron chi connectivity index (χ4n) is 2.24. The topological polar surface area (TPSA) is 29.1 Å². The first-order chi connectivity index (χ1) is 5.49. The van der Waals surface area contributed by atoms with Gasteiger partial charge >= 0.3 is 0 Å². The van der Waals surface area contributed by atoms with E-state index in [1.807, 2.05) is 0 Å². The first-order valence-electron chi connectivity index (χ1n) is 4.80. The number of hydrogen-bond donors (Lipinski definition) is 1. The van der Waals surface area contributed by atoms with Crippen LogP contribution in [0.5, 0.6) is 0 Å². The van der Waals surface area contributed by atoms with Crippen LogP contribution in [0, 0.1) is 11.8 Å². The number of hydrogen-bond acceptors (Lipinski definition) is 1. The van der Waals surface area contributed by atoms with Crippen molar-refractivity contribution in [2.75, 3.05) is 0 Å². The Kier molecular flexibility index (Phi) is 2.45. The third-order valence-electron chi connectivity index (χ3n) is 3.20. The normalized spacial score (nSPS) is 22.0. The monoisotopic (exact) mass is 169 g/mol. The molecule has 0 spiro atoms. The molecule has 0 radical (unpaired) electrons. The molecular formula is C10H19NO. The summed E-state index contributed by atoms with van der Waals surface area (Å²) in [5, 5.41) is 3.13. The van der Waals surface area contributed by atoms with Gasteiger partial charge in [-0.3, -0.25) is 4.79 Å². The molecule has 1 aliphatic heterocycles. The van der Waals surface area contributed by atoms with Crippen LogP contribution >= 0.6 is 0 Å². The number of nitrogens with one attached hydrogen (secondary N) is 1. The van der Waals surface area contributed by atoms with Gasteiger partial charge in [-0.15, -0.1) is 0 Å². The Hall–Kier alpha value is -0.530. The Morgan fingerprint density at radius 3 is 1.92 bits per heavy atom. The molecule has 1 rings (SSSR count). The van der Waals surface area contributed by atoms with Crippen molar-refractivity contribution in [2.24, 2.45) is 11.8 Å². The zero-order chi connectivity index (χ0) is 9.35. The van der Waals surface area contributed by atoms with E-state index >= 15 is 0 Å². The molecule has 1 fully saturated rings. The van der Waals surface area contributed by atoms with Gasteiger partial charge in [-0.25, -0.2) is 0 Å². The highest BCUT2D eigenvalue weighted by molar-refractivity contribution is 5.79. The molecule has 1 heterocycles. The van der Waals surface area contributed by atoms with Gasteiger partial charge < -0.3 is 5.32 Å². The second-order valence-corrected chi connectivity index (χ2v) is 4.40. The maximum Gasteiger partial charge on any atom is 0.220 e. The minimum atomic E-state index is 0.0666. The van der Waals surface area contributed by atoms with Crippen molar-refractivity contribution in [1.82, 2.24) is 5.32 Å². The molecule has 0 saturated carbocycles. The van der Waals surface area contributed by atoms with Gasteiger partial charge in [-0.05, 0) is 18.3 Å². The van der Waals surface area contributed by atoms with E-state index in [4.69, 9.17) is 0 Å². The number of amides is 1. The van der Waals surface area contributed by atoms with Crippen molar-refractivity contribution < 1.29 is 4.79 Å². The highest BCUT2D eigenvalue weighted by atomic mass is 16.2. The minimum absolute atomic E-state index is 0.0666. The average Bonchev–Trinajstić information content (AvgIpc) is 2.32. The molecule has 1 aliphatic rings. The minimum Gasteiger partial charge on any atom is -0.350 e. The SMILES string of the molecule is CC(C)C1(C(C)C)CCC(=O)N1. The van der Waals surface area contributed by atoms with E-state index in [1.54, 1.807) is 0 Å². The second kappa shape index (κ2) is 3.08. The quantitative estimate of drug-likeness (QED) is 0.672. The summed E-state index contributed by atoms with van der Waals surface area (Å²) in [4.78, 5) is 11.2. The van der Waals surface area contributed by atoms with E-state index in [-0.39, 0.29) is 11.4 Å². The first kappa shape index (κ1) is 9.56. The highest BCUT2D eigenvalue weighted by Crippen LogP contribution is 2.34. The van der Waals surface area contributed by atoms with Gasteiger partial charge in [0.05, 0.1) is 0 Å². The lowest BCUT2D eigenvalue weighted by Crippen LogP contribution is -2.50. The van der Waals surface area contributed by atoms with Gasteiger partial charge in [-0.2, -0.15) is 0 Å². The highest BCUT2D eigenvalue weighted by Gasteiger charge is 2.42. The summed E-state index contributed by atoms with van der Waals surface area (Å²) < 4.78 is 0. The van der Waals surface area contributed by atoms with Crippen LogP contribution < -0.4 is 5.32 Å². The second-order valence-electron chi connectivity index (χ2n) is 4.40. The van der Waals surface area contributed by atoms with E-state index < -0.39 is 0 Å². The summed E-state index contributed by atoms with van der Waals surface area (Å²) in [7, 11) is 0. The fourth-order valence-corrected chi connectivity index (χ4v) is 2.24. The van der Waals surface area contributed by atoms with Gasteiger partial charge in [0.25, 0.3) is 0 Å². The van der Waals surface area contributed by atoms with Crippen LogP contribution in [-0.2, 0) is 4.79 Å². The maximum atomic E-state index is 11.2. The lowest BCUT2D eigenvalue weighted by molar-refractivity contribution is -0.120. The zero-order valence-corrected chi connectivity index (χ0v) is 8.48. The predicted octanol–water partition coefficient (Wildman–Crippen LogP) is 1.95. The molecule has 0 unspecified atom stereocenters. The summed E-state index contributed by atoms with van der Waals surface area (Å²) in [6.07, 6.45) is 1.71. The van der Waals surface area contributed by atoms with Crippen LogP contribution in [0.2, 0.25) is 0 Å². The standard InChI is InChI=1S/C10H19NO/c1-7(2)10(8(3)4)6-5-9(12)11-10/h7-8H,5-6H2,1-4H3,(H,11,12). The van der Waals surface area contributed by atoms with Crippen LogP contribution in [0.1, 0.15) is 40.5 Å². The summed E-state index contributed by atoms with van der Waals surface area (Å²) >= 11 is 0. The van der Waals surface area contributed by atoms with E-state index in [0.717, 1.165) is 6.42 Å². The molecule has 0 aliphatic carbocycles. The lowest BCUT2D eigenvalue weighted by Gasteiger charge is -2.37. The molecule has 0 aromatic carbocycles. The largest absolute Gasteiger partial charge is 0.350 e. The van der Waals surface area contributed by atoms with Gasteiger partial charge in [-0.1, -0.05) is 27.7 Å². The molecule has 2 nitrogen and oxygen atoms in total. The van der Waals surface area contributed by atoms with Crippen molar-refractivity contribution >= 4 is 5.91 Å². The van der Waals surface area contributed by atoms with Gasteiger partial charge in [0, 0.05) is 12.0 Å². The third-order valence-corrected chi connectivity index (χ3v) is 3.20. The zero-order valence-electron chi connectivity index (χ0n) is 8.48. The Morgan fingerprint density at radius 1 is 1.25 bits per heavy atom. The molecular weight excluding hydrogens is 150 g/mol. The summed E-state index contributed by atoms with van der Waals surface area (Å²) in [6.45, 7) is 8.74. The average molecular weight is 169 g/mol. The molecule has 70 valence electrons. The molecule has 1 saturated heterocycles. The lowest BCUT2D eigenvalue weighted by atomic mass is 9.76. The summed E-state index contributed by atoms with van der Waals surface area (Å²) in [6, 6.07) is 0. The maximum absolute atomic E-state index is 11.2. The number of carbonyl (C=O) groups excluding carboxylic acids is 1. The first-order valence-corrected chi connectivity index (χ1v) is 4.80. The Balaban J connectivity index is 2.81. The summed E-state index contributed by atoms with van der Waals surface area (Å²) in [5.74, 6) is 1.28. The smallest absolute Gasteiger partial charge is 0.220 e. The van der Waals surface area contributed by atoms with Crippen molar-refractivity contribution in [3.05, 3.63) is 0 Å². The van der Waals surface area contributed by atoms with Crippen LogP contribution in [-0.4, -0.2) is 11.4 Å². The molecule has 12 heavy (non-hydrogen) atoms. The van der Waals surface area contributed by atoms with Crippen molar-refractivity contribution in [3.8, 4) is 0 Å². The van der Waals surface area contributed by atoms with Gasteiger partial charge in [0.2, 0.25) is 5.91 Å². The molecule has 0 aromatic heterocycles. The Morgan fingerprint density at radius 2 is 1.75 bits per heavy atom. The molecule has 0 atom stereocenters. The molecule has 1 N–H and O–H groups in total. The van der Waals surface area contributed by atoms with Crippen molar-refractivity contribution in [2.45, 2.75) is 46.1 Å². The fraction of sp³-hybridized carbons (Fsp3) is 0.900. The van der Waals surface area contributed by atoms with Gasteiger partial charge in [0.1, 0.15) is 0 Å². The van der Waals surface area contributed by atoms with Crippen LogP contribution in [0.3, 0.4) is 0 Å². The number of rotatable bonds is 2. The molecule has 0 bridgehead atoms. The molecule has 1 amide bonds. The number of carbonyl (C=O) groups is 1. The van der Waals surface area contributed by atoms with E-state index in [1.165, 1.54) is 0 Å². The summed E-state index contributed by atoms with van der Waals surface area (Å²) in [5.41, 5.74) is 0.0666. The van der Waals surface area contributed by atoms with Gasteiger partial charge in [0.15, 0.2) is 0 Å². The van der Waals surface area contributed by atoms with Crippen LogP contribution in [0.25, 0.3) is 0 Å². The van der Waals surface area contributed by atoms with E-state index in [0.29, 0.717) is 18.3 Å². The van der Waals surface area contributed by atoms with Crippen LogP contribution in [0.4, 0.5) is 0 Å². The third kappa shape index (κ3) is 1.35. The Bertz CT molecular complexity index is 176. The van der Waals surface area contributed by atoms with Crippen LogP contribution in [0.15, 0.2) is 0 Å². The van der Waals surface area contributed by atoms with Crippen molar-refractivity contribution in [1.29, 1.82) is 0 Å². The Labute approximate surface area is 74.7 Å². The predicted molar refractivity (Wildman–Crippen MR) is 49.8 cm³/mol. The molecule has 2 heteroatoms.